The summed E-state index contributed by atoms with van der Waals surface area (Å²) in [6.45, 7) is 5.12. The summed E-state index contributed by atoms with van der Waals surface area (Å²) in [5, 5.41) is 6.43. The van der Waals surface area contributed by atoms with Crippen LogP contribution in [0.25, 0.3) is 0 Å². The van der Waals surface area contributed by atoms with Gasteiger partial charge in [0.15, 0.2) is 0 Å². The summed E-state index contributed by atoms with van der Waals surface area (Å²) < 4.78 is 1.45. The first-order valence-electron chi connectivity index (χ1n) is 7.40. The maximum absolute atomic E-state index is 11.9. The predicted octanol–water partition coefficient (Wildman–Crippen LogP) is 3.88. The van der Waals surface area contributed by atoms with Gasteiger partial charge in [0.2, 0.25) is 5.91 Å². The quantitative estimate of drug-likeness (QED) is 0.818. The van der Waals surface area contributed by atoms with Crippen molar-refractivity contribution in [1.82, 2.24) is 10.6 Å². The number of aryl methyl sites for hydroxylation is 1. The summed E-state index contributed by atoms with van der Waals surface area (Å²) in [7, 11) is 0. The summed E-state index contributed by atoms with van der Waals surface area (Å²) >= 11 is 13.4. The van der Waals surface area contributed by atoms with E-state index in [1.54, 1.807) is 0 Å². The van der Waals surface area contributed by atoms with Crippen molar-refractivity contribution < 1.29 is 4.79 Å². The van der Waals surface area contributed by atoms with Gasteiger partial charge in [0, 0.05) is 13.0 Å². The minimum Gasteiger partial charge on any atom is -0.356 e. The van der Waals surface area contributed by atoms with E-state index in [4.69, 9.17) is 23.2 Å². The highest BCUT2D eigenvalue weighted by atomic mass is 35.5. The molecule has 0 aromatic carbocycles. The van der Waals surface area contributed by atoms with Crippen molar-refractivity contribution >= 4 is 40.4 Å². The van der Waals surface area contributed by atoms with E-state index in [2.05, 4.69) is 17.6 Å². The SMILES string of the molecule is CC1(CNC(=O)CCCc2cc(Cl)sc2Cl)CCNCC1. The van der Waals surface area contributed by atoms with Crippen LogP contribution in [0.2, 0.25) is 8.67 Å². The molecule has 0 saturated carbocycles. The Kier molecular flexibility index (Phi) is 6.35. The molecule has 1 aromatic rings. The molecule has 3 nitrogen and oxygen atoms in total. The van der Waals surface area contributed by atoms with E-state index in [1.165, 1.54) is 11.3 Å². The van der Waals surface area contributed by atoms with Crippen molar-refractivity contribution in [2.24, 2.45) is 5.41 Å². The highest BCUT2D eigenvalue weighted by Crippen LogP contribution is 2.32. The Morgan fingerprint density at radius 1 is 1.43 bits per heavy atom. The number of thiophene rings is 1. The Bertz CT molecular complexity index is 484. The first-order valence-corrected chi connectivity index (χ1v) is 8.97. The summed E-state index contributed by atoms with van der Waals surface area (Å²) in [5.74, 6) is 0.132. The lowest BCUT2D eigenvalue weighted by molar-refractivity contribution is -0.121. The molecular formula is C15H22Cl2N2OS. The van der Waals surface area contributed by atoms with E-state index in [0.717, 1.165) is 55.2 Å². The van der Waals surface area contributed by atoms with Crippen molar-refractivity contribution in [1.29, 1.82) is 0 Å². The maximum atomic E-state index is 11.9. The normalized spacial score (nSPS) is 17.7. The van der Waals surface area contributed by atoms with Crippen LogP contribution in [0.4, 0.5) is 0 Å². The summed E-state index contributed by atoms with van der Waals surface area (Å²) in [5.41, 5.74) is 1.29. The monoisotopic (exact) mass is 348 g/mol. The molecular weight excluding hydrogens is 327 g/mol. The van der Waals surface area contributed by atoms with Crippen LogP contribution in [0.15, 0.2) is 6.07 Å². The van der Waals surface area contributed by atoms with Crippen LogP contribution in [0.3, 0.4) is 0 Å². The zero-order valence-corrected chi connectivity index (χ0v) is 14.6. The highest BCUT2D eigenvalue weighted by Gasteiger charge is 2.26. The molecule has 1 fully saturated rings. The lowest BCUT2D eigenvalue weighted by Gasteiger charge is -2.34. The summed E-state index contributed by atoms with van der Waals surface area (Å²) in [6.07, 6.45) is 4.39. The van der Waals surface area contributed by atoms with Crippen molar-refractivity contribution in [2.45, 2.75) is 39.0 Å². The summed E-state index contributed by atoms with van der Waals surface area (Å²) in [4.78, 5) is 11.9. The fraction of sp³-hybridized carbons (Fsp3) is 0.667. The molecule has 2 heterocycles. The van der Waals surface area contributed by atoms with E-state index in [0.29, 0.717) is 10.8 Å². The van der Waals surface area contributed by atoms with Crippen molar-refractivity contribution in [3.63, 3.8) is 0 Å². The molecule has 0 radical (unpaired) electrons. The second-order valence-corrected chi connectivity index (χ2v) is 8.33. The molecule has 0 spiro atoms. The van der Waals surface area contributed by atoms with Crippen LogP contribution < -0.4 is 10.6 Å². The van der Waals surface area contributed by atoms with Gasteiger partial charge in [-0.1, -0.05) is 30.1 Å². The number of carbonyl (C=O) groups is 1. The van der Waals surface area contributed by atoms with Gasteiger partial charge in [-0.15, -0.1) is 11.3 Å². The molecule has 0 unspecified atom stereocenters. The van der Waals surface area contributed by atoms with Gasteiger partial charge in [0.1, 0.15) is 0 Å². The van der Waals surface area contributed by atoms with E-state index in [-0.39, 0.29) is 11.3 Å². The summed E-state index contributed by atoms with van der Waals surface area (Å²) in [6, 6.07) is 1.89. The standard InChI is InChI=1S/C15H22Cl2N2OS/c1-15(5-7-18-8-6-15)10-19-13(20)4-2-3-11-9-12(16)21-14(11)17/h9,18H,2-8,10H2,1H3,(H,19,20). The topological polar surface area (TPSA) is 41.1 Å². The number of piperidine rings is 1. The second-order valence-electron chi connectivity index (χ2n) is 6.04. The Balaban J connectivity index is 1.66. The van der Waals surface area contributed by atoms with Gasteiger partial charge in [0.05, 0.1) is 8.67 Å². The Hall–Kier alpha value is -0.290. The van der Waals surface area contributed by atoms with Crippen LogP contribution in [-0.4, -0.2) is 25.5 Å². The maximum Gasteiger partial charge on any atom is 0.220 e. The molecule has 0 aliphatic carbocycles. The van der Waals surface area contributed by atoms with Gasteiger partial charge in [0.25, 0.3) is 0 Å². The largest absolute Gasteiger partial charge is 0.356 e. The highest BCUT2D eigenvalue weighted by molar-refractivity contribution is 7.20. The molecule has 0 bridgehead atoms. The second kappa shape index (κ2) is 7.82. The fourth-order valence-electron chi connectivity index (χ4n) is 2.59. The van der Waals surface area contributed by atoms with Crippen LogP contribution in [0, 0.1) is 5.41 Å². The number of nitrogens with one attached hydrogen (secondary N) is 2. The Labute approximate surface area is 140 Å². The predicted molar refractivity (Wildman–Crippen MR) is 90.5 cm³/mol. The van der Waals surface area contributed by atoms with Crippen molar-refractivity contribution in [2.75, 3.05) is 19.6 Å². The van der Waals surface area contributed by atoms with Gasteiger partial charge in [-0.05, 0) is 55.8 Å². The van der Waals surface area contributed by atoms with Crippen molar-refractivity contribution in [3.05, 3.63) is 20.3 Å². The van der Waals surface area contributed by atoms with Crippen LogP contribution >= 0.6 is 34.5 Å². The molecule has 6 heteroatoms. The average molecular weight is 349 g/mol. The molecule has 21 heavy (non-hydrogen) atoms. The average Bonchev–Trinajstić information content (AvgIpc) is 2.76. The molecule has 1 saturated heterocycles. The van der Waals surface area contributed by atoms with E-state index >= 15 is 0 Å². The molecule has 1 aliphatic heterocycles. The number of hydrogen-bond acceptors (Lipinski definition) is 3. The van der Waals surface area contributed by atoms with Crippen molar-refractivity contribution in [3.8, 4) is 0 Å². The molecule has 0 atom stereocenters. The number of halogens is 2. The lowest BCUT2D eigenvalue weighted by Crippen LogP contribution is -2.42. The number of hydrogen-bond donors (Lipinski definition) is 2. The van der Waals surface area contributed by atoms with Crippen LogP contribution in [-0.2, 0) is 11.2 Å². The first-order chi connectivity index (χ1) is 9.98. The third-order valence-electron chi connectivity index (χ3n) is 4.10. The van der Waals surface area contributed by atoms with Gasteiger partial charge in [-0.25, -0.2) is 0 Å². The lowest BCUT2D eigenvalue weighted by atomic mass is 9.81. The number of carbonyl (C=O) groups excluding carboxylic acids is 1. The minimum atomic E-state index is 0.132. The van der Waals surface area contributed by atoms with E-state index in [9.17, 15) is 4.79 Å². The molecule has 2 N–H and O–H groups in total. The van der Waals surface area contributed by atoms with Gasteiger partial charge in [-0.3, -0.25) is 4.79 Å². The molecule has 1 aliphatic rings. The fourth-order valence-corrected chi connectivity index (χ4v) is 4.14. The van der Waals surface area contributed by atoms with Gasteiger partial charge in [-0.2, -0.15) is 0 Å². The Morgan fingerprint density at radius 2 is 2.14 bits per heavy atom. The minimum absolute atomic E-state index is 0.132. The van der Waals surface area contributed by atoms with Gasteiger partial charge < -0.3 is 10.6 Å². The number of amides is 1. The molecule has 1 aromatic heterocycles. The first kappa shape index (κ1) is 17.1. The Morgan fingerprint density at radius 3 is 2.76 bits per heavy atom. The van der Waals surface area contributed by atoms with E-state index < -0.39 is 0 Å². The third-order valence-corrected chi connectivity index (χ3v) is 5.67. The third kappa shape index (κ3) is 5.44. The van der Waals surface area contributed by atoms with Crippen LogP contribution in [0.1, 0.15) is 38.2 Å². The number of rotatable bonds is 6. The van der Waals surface area contributed by atoms with E-state index in [1.807, 2.05) is 6.07 Å². The smallest absolute Gasteiger partial charge is 0.220 e. The molecule has 118 valence electrons. The zero-order valence-electron chi connectivity index (χ0n) is 12.3. The van der Waals surface area contributed by atoms with Gasteiger partial charge >= 0.3 is 0 Å². The molecule has 2 rings (SSSR count). The molecule has 1 amide bonds. The van der Waals surface area contributed by atoms with Crippen LogP contribution in [0.5, 0.6) is 0 Å². The zero-order chi connectivity index (χ0) is 15.3.